The Morgan fingerprint density at radius 2 is 1.38 bits per heavy atom. The summed E-state index contributed by atoms with van der Waals surface area (Å²) in [6, 6.07) is 0. The molecule has 0 heterocycles. The molecule has 0 spiro atoms. The molecule has 4 saturated carbocycles. The lowest BCUT2D eigenvalue weighted by atomic mass is 9.48. The van der Waals surface area contributed by atoms with Crippen LogP contribution in [0.5, 0.6) is 0 Å². The van der Waals surface area contributed by atoms with E-state index in [2.05, 4.69) is 20.8 Å². The standard InChI is InChI=1S/C15H27N/c1-9(15(2,3)16)14-12-5-10-4-11(7-12)8-13(14)6-10/h9-14H,4-8,16H2,1-3H3. The summed E-state index contributed by atoms with van der Waals surface area (Å²) >= 11 is 0. The molecule has 0 amide bonds. The van der Waals surface area contributed by atoms with Crippen molar-refractivity contribution >= 4 is 0 Å². The van der Waals surface area contributed by atoms with E-state index in [1.165, 1.54) is 25.7 Å². The molecular weight excluding hydrogens is 194 g/mol. The smallest absolute Gasteiger partial charge is 0.0126 e. The number of rotatable bonds is 2. The van der Waals surface area contributed by atoms with Gasteiger partial charge in [0.05, 0.1) is 0 Å². The topological polar surface area (TPSA) is 26.0 Å². The third-order valence-electron chi connectivity index (χ3n) is 6.05. The van der Waals surface area contributed by atoms with E-state index in [-0.39, 0.29) is 5.54 Å². The maximum atomic E-state index is 6.36. The Labute approximate surface area is 100 Å². The van der Waals surface area contributed by atoms with Crippen LogP contribution in [0, 0.1) is 35.5 Å². The van der Waals surface area contributed by atoms with Gasteiger partial charge in [0.15, 0.2) is 0 Å². The van der Waals surface area contributed by atoms with Crippen molar-refractivity contribution in [3.63, 3.8) is 0 Å². The minimum absolute atomic E-state index is 0.0139. The highest BCUT2D eigenvalue weighted by atomic mass is 14.7. The highest BCUT2D eigenvalue weighted by molar-refractivity contribution is 5.02. The average molecular weight is 221 g/mol. The summed E-state index contributed by atoms with van der Waals surface area (Å²) in [5, 5.41) is 0. The van der Waals surface area contributed by atoms with Crippen LogP contribution < -0.4 is 5.73 Å². The molecule has 2 N–H and O–H groups in total. The molecule has 4 aliphatic rings. The first-order valence-corrected chi connectivity index (χ1v) is 7.24. The molecule has 0 radical (unpaired) electrons. The lowest BCUT2D eigenvalue weighted by Gasteiger charge is -2.57. The Bertz CT molecular complexity index is 248. The van der Waals surface area contributed by atoms with Crippen LogP contribution in [-0.2, 0) is 0 Å². The minimum atomic E-state index is 0.0139. The molecule has 1 heteroatoms. The SMILES string of the molecule is CC(C1C2CC3CC(C2)CC1C3)C(C)(C)N. The molecule has 1 unspecified atom stereocenters. The molecule has 4 bridgehead atoms. The predicted octanol–water partition coefficient (Wildman–Crippen LogP) is 3.43. The van der Waals surface area contributed by atoms with E-state index in [0.29, 0.717) is 5.92 Å². The van der Waals surface area contributed by atoms with Gasteiger partial charge in [-0.05, 0) is 81.5 Å². The summed E-state index contributed by atoms with van der Waals surface area (Å²) in [7, 11) is 0. The summed E-state index contributed by atoms with van der Waals surface area (Å²) in [6.45, 7) is 6.86. The van der Waals surface area contributed by atoms with Crippen molar-refractivity contribution in [1.82, 2.24) is 0 Å². The molecule has 4 aliphatic carbocycles. The molecule has 0 saturated heterocycles. The van der Waals surface area contributed by atoms with Gasteiger partial charge in [-0.1, -0.05) is 6.92 Å². The van der Waals surface area contributed by atoms with Gasteiger partial charge < -0.3 is 5.73 Å². The first-order chi connectivity index (χ1) is 7.45. The third kappa shape index (κ3) is 1.63. The Morgan fingerprint density at radius 3 is 1.75 bits per heavy atom. The number of hydrogen-bond donors (Lipinski definition) is 1. The largest absolute Gasteiger partial charge is 0.325 e. The van der Waals surface area contributed by atoms with Crippen LogP contribution in [0.1, 0.15) is 52.9 Å². The summed E-state index contributed by atoms with van der Waals surface area (Å²) in [5.41, 5.74) is 6.37. The maximum absolute atomic E-state index is 6.36. The minimum Gasteiger partial charge on any atom is -0.325 e. The Kier molecular flexibility index (Phi) is 2.41. The molecule has 92 valence electrons. The van der Waals surface area contributed by atoms with Gasteiger partial charge in [0.2, 0.25) is 0 Å². The summed E-state index contributed by atoms with van der Waals surface area (Å²) < 4.78 is 0. The molecule has 0 aromatic rings. The fourth-order valence-corrected chi connectivity index (χ4v) is 5.28. The van der Waals surface area contributed by atoms with Crippen LogP contribution >= 0.6 is 0 Å². The molecule has 0 aromatic carbocycles. The van der Waals surface area contributed by atoms with Gasteiger partial charge in [-0.3, -0.25) is 0 Å². The second-order valence-corrected chi connectivity index (χ2v) is 7.62. The normalized spacial score (nSPS) is 48.4. The zero-order chi connectivity index (χ0) is 11.5. The van der Waals surface area contributed by atoms with Gasteiger partial charge in [-0.2, -0.15) is 0 Å². The van der Waals surface area contributed by atoms with Crippen LogP contribution in [0.15, 0.2) is 0 Å². The van der Waals surface area contributed by atoms with Crippen molar-refractivity contribution in [2.75, 3.05) is 0 Å². The quantitative estimate of drug-likeness (QED) is 0.759. The first kappa shape index (κ1) is 11.1. The van der Waals surface area contributed by atoms with Gasteiger partial charge in [0.25, 0.3) is 0 Å². The molecule has 0 aromatic heterocycles. The zero-order valence-electron chi connectivity index (χ0n) is 11.1. The van der Waals surface area contributed by atoms with Gasteiger partial charge in [0.1, 0.15) is 0 Å². The molecule has 0 aliphatic heterocycles. The summed E-state index contributed by atoms with van der Waals surface area (Å²) in [5.74, 6) is 5.86. The van der Waals surface area contributed by atoms with Crippen molar-refractivity contribution in [3.8, 4) is 0 Å². The summed E-state index contributed by atoms with van der Waals surface area (Å²) in [4.78, 5) is 0. The van der Waals surface area contributed by atoms with E-state index < -0.39 is 0 Å². The Morgan fingerprint density at radius 1 is 0.938 bits per heavy atom. The first-order valence-electron chi connectivity index (χ1n) is 7.24. The van der Waals surface area contributed by atoms with Crippen molar-refractivity contribution < 1.29 is 0 Å². The number of nitrogens with two attached hydrogens (primary N) is 1. The van der Waals surface area contributed by atoms with Crippen LogP contribution in [0.25, 0.3) is 0 Å². The monoisotopic (exact) mass is 221 g/mol. The third-order valence-corrected chi connectivity index (χ3v) is 6.05. The second-order valence-electron chi connectivity index (χ2n) is 7.62. The Hall–Kier alpha value is -0.0400. The lowest BCUT2D eigenvalue weighted by Crippen LogP contribution is -2.53. The van der Waals surface area contributed by atoms with E-state index in [0.717, 1.165) is 29.6 Å². The lowest BCUT2D eigenvalue weighted by molar-refractivity contribution is -0.0694. The van der Waals surface area contributed by atoms with E-state index >= 15 is 0 Å². The highest BCUT2D eigenvalue weighted by Crippen LogP contribution is 2.59. The van der Waals surface area contributed by atoms with E-state index in [9.17, 15) is 0 Å². The van der Waals surface area contributed by atoms with Crippen molar-refractivity contribution in [2.45, 2.75) is 58.4 Å². The van der Waals surface area contributed by atoms with Crippen LogP contribution in [0.3, 0.4) is 0 Å². The van der Waals surface area contributed by atoms with E-state index in [1.807, 2.05) is 0 Å². The summed E-state index contributed by atoms with van der Waals surface area (Å²) in [6.07, 6.45) is 7.66. The van der Waals surface area contributed by atoms with Crippen LogP contribution in [-0.4, -0.2) is 5.54 Å². The van der Waals surface area contributed by atoms with Gasteiger partial charge >= 0.3 is 0 Å². The molecular formula is C15H27N. The van der Waals surface area contributed by atoms with Crippen molar-refractivity contribution in [3.05, 3.63) is 0 Å². The molecule has 4 fully saturated rings. The van der Waals surface area contributed by atoms with Crippen molar-refractivity contribution in [2.24, 2.45) is 41.2 Å². The van der Waals surface area contributed by atoms with E-state index in [1.54, 1.807) is 6.42 Å². The highest BCUT2D eigenvalue weighted by Gasteiger charge is 2.51. The molecule has 16 heavy (non-hydrogen) atoms. The maximum Gasteiger partial charge on any atom is 0.0126 e. The number of hydrogen-bond acceptors (Lipinski definition) is 1. The van der Waals surface area contributed by atoms with Crippen molar-refractivity contribution in [1.29, 1.82) is 0 Å². The zero-order valence-corrected chi connectivity index (χ0v) is 11.1. The van der Waals surface area contributed by atoms with Gasteiger partial charge in [0, 0.05) is 5.54 Å². The Balaban J connectivity index is 1.81. The second kappa shape index (κ2) is 3.48. The van der Waals surface area contributed by atoms with E-state index in [4.69, 9.17) is 5.73 Å². The predicted molar refractivity (Wildman–Crippen MR) is 68.0 cm³/mol. The fraction of sp³-hybridized carbons (Fsp3) is 1.00. The molecule has 4 rings (SSSR count). The van der Waals surface area contributed by atoms with Gasteiger partial charge in [-0.25, -0.2) is 0 Å². The molecule has 1 nitrogen and oxygen atoms in total. The molecule has 1 atom stereocenters. The van der Waals surface area contributed by atoms with Gasteiger partial charge in [-0.15, -0.1) is 0 Å². The average Bonchev–Trinajstić information content (AvgIpc) is 2.13. The van der Waals surface area contributed by atoms with Crippen LogP contribution in [0.4, 0.5) is 0 Å². The van der Waals surface area contributed by atoms with Crippen LogP contribution in [0.2, 0.25) is 0 Å². The fourth-order valence-electron chi connectivity index (χ4n) is 5.28.